The first kappa shape index (κ1) is 17.6. The predicted octanol–water partition coefficient (Wildman–Crippen LogP) is 3.38. The molecule has 1 amide bonds. The van der Waals surface area contributed by atoms with Crippen molar-refractivity contribution < 1.29 is 13.9 Å². The van der Waals surface area contributed by atoms with Crippen LogP contribution in [0.3, 0.4) is 0 Å². The fourth-order valence-corrected chi connectivity index (χ4v) is 3.39. The lowest BCUT2D eigenvalue weighted by atomic mass is 9.87. The van der Waals surface area contributed by atoms with Crippen LogP contribution in [-0.4, -0.2) is 40.3 Å². The van der Waals surface area contributed by atoms with Crippen LogP contribution in [0.25, 0.3) is 11.3 Å². The quantitative estimate of drug-likeness (QED) is 0.924. The van der Waals surface area contributed by atoms with Gasteiger partial charge in [0.1, 0.15) is 5.82 Å². The summed E-state index contributed by atoms with van der Waals surface area (Å²) >= 11 is 0. The fourth-order valence-electron chi connectivity index (χ4n) is 3.39. The van der Waals surface area contributed by atoms with E-state index in [0.29, 0.717) is 13.2 Å². The summed E-state index contributed by atoms with van der Waals surface area (Å²) in [6.45, 7) is 5.12. The van der Waals surface area contributed by atoms with E-state index in [2.05, 4.69) is 10.2 Å². The Kier molecular flexibility index (Phi) is 4.90. The van der Waals surface area contributed by atoms with Crippen LogP contribution in [-0.2, 0) is 16.1 Å². The lowest BCUT2D eigenvalue weighted by Crippen LogP contribution is -2.41. The van der Waals surface area contributed by atoms with E-state index >= 15 is 0 Å². The molecule has 2 heterocycles. The Hall–Kier alpha value is -2.21. The van der Waals surface area contributed by atoms with Crippen molar-refractivity contribution in [2.75, 3.05) is 13.7 Å². The fraction of sp³-hybridized carbons (Fsp3) is 0.474. The monoisotopic (exact) mass is 345 g/mol. The molecule has 1 saturated heterocycles. The highest BCUT2D eigenvalue weighted by atomic mass is 19.1. The first-order chi connectivity index (χ1) is 11.9. The number of ether oxygens (including phenoxy) is 1. The minimum atomic E-state index is -0.278. The Morgan fingerprint density at radius 2 is 2.12 bits per heavy atom. The second-order valence-corrected chi connectivity index (χ2v) is 7.27. The number of H-pyrrole nitrogens is 1. The molecule has 0 spiro atoms. The van der Waals surface area contributed by atoms with Crippen LogP contribution in [0.15, 0.2) is 30.5 Å². The molecular formula is C19H24FN3O2. The van der Waals surface area contributed by atoms with E-state index in [4.69, 9.17) is 4.74 Å². The molecule has 1 fully saturated rings. The molecule has 1 aromatic carbocycles. The number of benzene rings is 1. The van der Waals surface area contributed by atoms with Crippen molar-refractivity contribution in [1.29, 1.82) is 0 Å². The zero-order chi connectivity index (χ0) is 18.0. The van der Waals surface area contributed by atoms with Crippen LogP contribution in [0.2, 0.25) is 0 Å². The number of halogens is 1. The van der Waals surface area contributed by atoms with Gasteiger partial charge in [0, 0.05) is 37.2 Å². The number of aromatic amines is 1. The van der Waals surface area contributed by atoms with Gasteiger partial charge >= 0.3 is 0 Å². The average Bonchev–Trinajstić information content (AvgIpc) is 3.02. The van der Waals surface area contributed by atoms with Crippen molar-refractivity contribution >= 4 is 5.91 Å². The van der Waals surface area contributed by atoms with Crippen molar-refractivity contribution in [3.63, 3.8) is 0 Å². The smallest absolute Gasteiger partial charge is 0.225 e. The van der Waals surface area contributed by atoms with E-state index in [1.165, 1.54) is 12.1 Å². The van der Waals surface area contributed by atoms with Gasteiger partial charge in [0.05, 0.1) is 17.5 Å². The first-order valence-corrected chi connectivity index (χ1v) is 8.53. The Bertz CT molecular complexity index is 739. The highest BCUT2D eigenvalue weighted by molar-refractivity contribution is 5.79. The lowest BCUT2D eigenvalue weighted by molar-refractivity contribution is -0.144. The first-order valence-electron chi connectivity index (χ1n) is 8.53. The van der Waals surface area contributed by atoms with E-state index in [0.717, 1.165) is 29.7 Å². The number of nitrogens with zero attached hydrogens (tertiary/aromatic N) is 2. The number of hydrogen-bond donors (Lipinski definition) is 1. The van der Waals surface area contributed by atoms with Crippen LogP contribution in [0.5, 0.6) is 0 Å². The number of nitrogens with one attached hydrogen (secondary N) is 1. The van der Waals surface area contributed by atoms with Gasteiger partial charge in [0.15, 0.2) is 0 Å². The number of hydrogen-bond acceptors (Lipinski definition) is 3. The summed E-state index contributed by atoms with van der Waals surface area (Å²) in [7, 11) is 1.81. The van der Waals surface area contributed by atoms with Crippen molar-refractivity contribution in [3.05, 3.63) is 41.8 Å². The Morgan fingerprint density at radius 1 is 1.40 bits per heavy atom. The lowest BCUT2D eigenvalue weighted by Gasteiger charge is -2.36. The van der Waals surface area contributed by atoms with Gasteiger partial charge in [-0.1, -0.05) is 0 Å². The molecule has 6 heteroatoms. The molecule has 5 nitrogen and oxygen atoms in total. The van der Waals surface area contributed by atoms with Gasteiger partial charge in [-0.25, -0.2) is 4.39 Å². The second kappa shape index (κ2) is 6.96. The van der Waals surface area contributed by atoms with Gasteiger partial charge in [0.25, 0.3) is 0 Å². The summed E-state index contributed by atoms with van der Waals surface area (Å²) in [6.07, 6.45) is 3.20. The van der Waals surface area contributed by atoms with Crippen LogP contribution < -0.4 is 0 Å². The van der Waals surface area contributed by atoms with Crippen LogP contribution in [0.4, 0.5) is 4.39 Å². The largest absolute Gasteiger partial charge is 0.376 e. The predicted molar refractivity (Wildman–Crippen MR) is 93.2 cm³/mol. The molecule has 1 aliphatic heterocycles. The van der Waals surface area contributed by atoms with E-state index in [-0.39, 0.29) is 23.2 Å². The molecule has 1 atom stereocenters. The Balaban J connectivity index is 1.71. The van der Waals surface area contributed by atoms with Crippen molar-refractivity contribution in [2.24, 2.45) is 5.92 Å². The number of aromatic nitrogens is 2. The van der Waals surface area contributed by atoms with E-state index in [1.807, 2.05) is 20.9 Å². The van der Waals surface area contributed by atoms with E-state index in [9.17, 15) is 9.18 Å². The summed E-state index contributed by atoms with van der Waals surface area (Å²) in [5, 5.41) is 7.04. The molecule has 2 aromatic rings. The highest BCUT2D eigenvalue weighted by Gasteiger charge is 2.34. The maximum Gasteiger partial charge on any atom is 0.225 e. The second-order valence-electron chi connectivity index (χ2n) is 7.27. The number of carbonyl (C=O) groups is 1. The zero-order valence-electron chi connectivity index (χ0n) is 14.9. The van der Waals surface area contributed by atoms with E-state index in [1.54, 1.807) is 23.2 Å². The molecule has 0 radical (unpaired) electrons. The zero-order valence-corrected chi connectivity index (χ0v) is 14.9. The third-order valence-electron chi connectivity index (χ3n) is 4.68. The number of amides is 1. The van der Waals surface area contributed by atoms with E-state index < -0.39 is 0 Å². The molecule has 25 heavy (non-hydrogen) atoms. The molecule has 1 N–H and O–H groups in total. The molecule has 0 aliphatic carbocycles. The van der Waals surface area contributed by atoms with Gasteiger partial charge in [-0.2, -0.15) is 5.10 Å². The molecule has 0 unspecified atom stereocenters. The molecule has 1 aromatic heterocycles. The van der Waals surface area contributed by atoms with Gasteiger partial charge in [-0.3, -0.25) is 9.89 Å². The molecule has 0 bridgehead atoms. The molecule has 3 rings (SSSR count). The summed E-state index contributed by atoms with van der Waals surface area (Å²) in [5.74, 6) is -0.170. The molecule has 0 saturated carbocycles. The number of rotatable bonds is 4. The van der Waals surface area contributed by atoms with Gasteiger partial charge < -0.3 is 9.64 Å². The summed E-state index contributed by atoms with van der Waals surface area (Å²) in [6, 6.07) is 6.24. The minimum absolute atomic E-state index is 0.0186. The molecular weight excluding hydrogens is 321 g/mol. The molecule has 134 valence electrons. The van der Waals surface area contributed by atoms with Crippen LogP contribution >= 0.6 is 0 Å². The normalized spacial score (nSPS) is 19.6. The minimum Gasteiger partial charge on any atom is -0.376 e. The van der Waals surface area contributed by atoms with Gasteiger partial charge in [-0.15, -0.1) is 0 Å². The SMILES string of the molecule is CN(Cc1cn[nH]c1-c1ccc(F)cc1)C(=O)[C@H]1CCOC(C)(C)C1. The maximum atomic E-state index is 13.1. The number of carbonyl (C=O) groups excluding carboxylic acids is 1. The Morgan fingerprint density at radius 3 is 2.80 bits per heavy atom. The Labute approximate surface area is 147 Å². The standard InChI is InChI=1S/C19H24FN3O2/c1-19(2)10-14(8-9-25-19)18(24)23(3)12-15-11-21-22-17(15)13-4-6-16(20)7-5-13/h4-7,11,14H,8-10,12H2,1-3H3,(H,21,22)/t14-/m0/s1. The third-order valence-corrected chi connectivity index (χ3v) is 4.68. The highest BCUT2D eigenvalue weighted by Crippen LogP contribution is 2.30. The topological polar surface area (TPSA) is 58.2 Å². The van der Waals surface area contributed by atoms with Gasteiger partial charge in [-0.05, 0) is 51.0 Å². The van der Waals surface area contributed by atoms with Crippen molar-refractivity contribution in [3.8, 4) is 11.3 Å². The third kappa shape index (κ3) is 4.07. The van der Waals surface area contributed by atoms with Crippen LogP contribution in [0, 0.1) is 11.7 Å². The van der Waals surface area contributed by atoms with Crippen LogP contribution in [0.1, 0.15) is 32.3 Å². The van der Waals surface area contributed by atoms with Crippen molar-refractivity contribution in [2.45, 2.75) is 38.8 Å². The molecule has 1 aliphatic rings. The summed E-state index contributed by atoms with van der Waals surface area (Å²) in [4.78, 5) is 14.5. The average molecular weight is 345 g/mol. The maximum absolute atomic E-state index is 13.1. The van der Waals surface area contributed by atoms with Gasteiger partial charge in [0.2, 0.25) is 5.91 Å². The summed E-state index contributed by atoms with van der Waals surface area (Å²) in [5.41, 5.74) is 2.32. The van der Waals surface area contributed by atoms with Crippen molar-refractivity contribution in [1.82, 2.24) is 15.1 Å². The summed E-state index contributed by atoms with van der Waals surface area (Å²) < 4.78 is 18.8.